The fourth-order valence-electron chi connectivity index (χ4n) is 7.63. The van der Waals surface area contributed by atoms with Crippen molar-refractivity contribution in [1.82, 2.24) is 0 Å². The number of rotatable bonds is 20. The van der Waals surface area contributed by atoms with Crippen LogP contribution in [0.5, 0.6) is 0 Å². The average Bonchev–Trinajstić information content (AvgIpc) is 3.33. The largest absolute Gasteiger partial charge is 2.00 e. The zero-order chi connectivity index (χ0) is 32.1. The quantitative estimate of drug-likeness (QED) is 0.0574. The Kier molecular flexibility index (Phi) is 22.4. The third-order valence-electron chi connectivity index (χ3n) is 10.1. The SMILES string of the molecule is CCCCCCCCC1=C(c2cc(CC)c(CC)c(CC)c2)[N+](=[N-])C(c2cc(CC)c(CC)c(CC)c2)=C1CCCCCC.[CH3-].[CH3-].[Ni+2]. The molecule has 47 heavy (non-hydrogen) atoms. The molecule has 0 aliphatic carbocycles. The summed E-state index contributed by atoms with van der Waals surface area (Å²) in [7, 11) is 0. The second kappa shape index (κ2) is 23.4. The van der Waals surface area contributed by atoms with Gasteiger partial charge >= 0.3 is 16.5 Å². The minimum absolute atomic E-state index is 0. The van der Waals surface area contributed by atoms with Gasteiger partial charge in [-0.15, -0.1) is 0 Å². The maximum atomic E-state index is 12.4. The van der Waals surface area contributed by atoms with Gasteiger partial charge in [0.25, 0.3) is 0 Å². The van der Waals surface area contributed by atoms with Crippen LogP contribution in [0.2, 0.25) is 0 Å². The summed E-state index contributed by atoms with van der Waals surface area (Å²) in [5.74, 6) is 0. The number of aryl methyl sites for hydroxylation is 4. The van der Waals surface area contributed by atoms with Crippen LogP contribution in [0.3, 0.4) is 0 Å². The van der Waals surface area contributed by atoms with E-state index in [1.165, 1.54) is 120 Å². The first-order valence-corrected chi connectivity index (χ1v) is 18.7. The van der Waals surface area contributed by atoms with Crippen molar-refractivity contribution in [3.05, 3.63) is 100 Å². The molecule has 0 atom stereocenters. The molecule has 0 bridgehead atoms. The maximum absolute atomic E-state index is 12.4. The predicted molar refractivity (Wildman–Crippen MR) is 206 cm³/mol. The molecule has 0 saturated heterocycles. The van der Waals surface area contributed by atoms with E-state index >= 15 is 0 Å². The Labute approximate surface area is 302 Å². The molecule has 2 aromatic carbocycles. The van der Waals surface area contributed by atoms with Crippen molar-refractivity contribution in [2.24, 2.45) is 0 Å². The molecule has 3 rings (SSSR count). The third-order valence-corrected chi connectivity index (χ3v) is 10.1. The normalized spacial score (nSPS) is 12.7. The van der Waals surface area contributed by atoms with Crippen LogP contribution in [-0.2, 0) is 55.0 Å². The second-order valence-corrected chi connectivity index (χ2v) is 13.0. The van der Waals surface area contributed by atoms with Crippen LogP contribution in [0.1, 0.15) is 177 Å². The van der Waals surface area contributed by atoms with Crippen LogP contribution in [0.4, 0.5) is 0 Å². The molecule has 266 valence electrons. The van der Waals surface area contributed by atoms with Gasteiger partial charge in [-0.3, -0.25) is 0 Å². The summed E-state index contributed by atoms with van der Waals surface area (Å²) in [6, 6.07) is 9.63. The molecular formula is C44H70N2Ni. The van der Waals surface area contributed by atoms with Crippen LogP contribution >= 0.6 is 0 Å². The Morgan fingerprint density at radius 1 is 0.447 bits per heavy atom. The van der Waals surface area contributed by atoms with Gasteiger partial charge in [-0.1, -0.05) is 107 Å². The molecule has 1 aliphatic rings. The number of hydrogen-bond donors (Lipinski definition) is 0. The number of allylic oxidation sites excluding steroid dienone is 2. The second-order valence-electron chi connectivity index (χ2n) is 13.0. The van der Waals surface area contributed by atoms with Crippen molar-refractivity contribution in [3.8, 4) is 0 Å². The molecule has 1 aliphatic heterocycles. The number of benzene rings is 2. The molecule has 0 aromatic heterocycles. The van der Waals surface area contributed by atoms with Crippen LogP contribution < -0.4 is 0 Å². The standard InChI is InChI=1S/C42H64N2.2CH3.Ni/c1-9-17-19-21-22-24-26-40-39(25-23-20-18-10-2)41(35-27-31(11-3)37(15-7)32(12-4)28-35)44(43)42(40)36-29-33(13-5)38(16-8)34(14-6)30-36;;;/h27-30H,9-26H2,1-8H3;2*1H3;/q;2*-1;+2. The smallest absolute Gasteiger partial charge is 0.493 e. The molecule has 2 nitrogen and oxygen atoms in total. The number of unbranched alkanes of at least 4 members (excludes halogenated alkanes) is 8. The molecule has 1 heterocycles. The first-order chi connectivity index (χ1) is 21.4. The maximum Gasteiger partial charge on any atom is 2.00 e. The average molecular weight is 686 g/mol. The Morgan fingerprint density at radius 3 is 1.04 bits per heavy atom. The van der Waals surface area contributed by atoms with E-state index in [0.29, 0.717) is 0 Å². The van der Waals surface area contributed by atoms with E-state index in [0.717, 1.165) is 62.8 Å². The van der Waals surface area contributed by atoms with Crippen molar-refractivity contribution >= 4 is 11.4 Å². The summed E-state index contributed by atoms with van der Waals surface area (Å²) in [4.78, 5) is 0. The van der Waals surface area contributed by atoms with Gasteiger partial charge < -0.3 is 20.4 Å². The fourth-order valence-corrected chi connectivity index (χ4v) is 7.63. The third kappa shape index (κ3) is 11.0. The molecule has 3 heteroatoms. The van der Waals surface area contributed by atoms with Gasteiger partial charge in [0, 0.05) is 22.3 Å². The summed E-state index contributed by atoms with van der Waals surface area (Å²) >= 11 is 0. The number of nitrogens with zero attached hydrogens (tertiary/aromatic N) is 2. The van der Waals surface area contributed by atoms with Crippen molar-refractivity contribution in [1.29, 1.82) is 0 Å². The van der Waals surface area contributed by atoms with Crippen LogP contribution in [-0.4, -0.2) is 4.70 Å². The van der Waals surface area contributed by atoms with E-state index in [-0.39, 0.29) is 31.3 Å². The molecule has 0 unspecified atom stereocenters. The van der Waals surface area contributed by atoms with Crippen LogP contribution in [0, 0.1) is 14.9 Å². The molecule has 0 fully saturated rings. The van der Waals surface area contributed by atoms with Gasteiger partial charge in [-0.2, -0.15) is 0 Å². The summed E-state index contributed by atoms with van der Waals surface area (Å²) in [6.07, 6.45) is 21.0. The van der Waals surface area contributed by atoms with Gasteiger partial charge in [-0.05, 0) is 122 Å². The van der Waals surface area contributed by atoms with Crippen molar-refractivity contribution in [3.63, 3.8) is 0 Å². The van der Waals surface area contributed by atoms with Crippen LogP contribution in [0.25, 0.3) is 16.9 Å². The van der Waals surface area contributed by atoms with Gasteiger partial charge in [0.05, 0.1) is 0 Å². The fraction of sp³-hybridized carbons (Fsp3) is 0.591. The molecule has 0 spiro atoms. The van der Waals surface area contributed by atoms with Gasteiger partial charge in [0.1, 0.15) is 0 Å². The Balaban J connectivity index is 0.00000705. The first kappa shape index (κ1) is 45.0. The van der Waals surface area contributed by atoms with E-state index in [2.05, 4.69) is 79.7 Å². The van der Waals surface area contributed by atoms with E-state index in [4.69, 9.17) is 0 Å². The zero-order valence-corrected chi connectivity index (χ0v) is 33.2. The first-order valence-electron chi connectivity index (χ1n) is 18.7. The molecule has 0 amide bonds. The van der Waals surface area contributed by atoms with E-state index in [1.54, 1.807) is 4.70 Å². The van der Waals surface area contributed by atoms with Gasteiger partial charge in [-0.25, -0.2) is 4.70 Å². The molecule has 0 radical (unpaired) electrons. The predicted octanol–water partition coefficient (Wildman–Crippen LogP) is 13.9. The summed E-state index contributed by atoms with van der Waals surface area (Å²) in [6.45, 7) is 18.3. The van der Waals surface area contributed by atoms with E-state index < -0.39 is 0 Å². The zero-order valence-electron chi connectivity index (χ0n) is 32.2. The Bertz CT molecular complexity index is 1260. The Morgan fingerprint density at radius 2 is 0.745 bits per heavy atom. The van der Waals surface area contributed by atoms with Crippen molar-refractivity contribution in [2.45, 2.75) is 171 Å². The molecule has 2 aromatic rings. The molecular weight excluding hydrogens is 615 g/mol. The molecule has 0 N–H and O–H groups in total. The monoisotopic (exact) mass is 684 g/mol. The minimum atomic E-state index is 0. The summed E-state index contributed by atoms with van der Waals surface area (Å²) in [5.41, 5.74) is 28.5. The van der Waals surface area contributed by atoms with Crippen molar-refractivity contribution < 1.29 is 21.2 Å². The number of hydrogen-bond acceptors (Lipinski definition) is 0. The van der Waals surface area contributed by atoms with Gasteiger partial charge in [0.2, 0.25) is 11.4 Å². The van der Waals surface area contributed by atoms with Crippen molar-refractivity contribution in [2.75, 3.05) is 0 Å². The van der Waals surface area contributed by atoms with Crippen LogP contribution in [0.15, 0.2) is 35.4 Å². The molecule has 0 saturated carbocycles. The summed E-state index contributed by atoms with van der Waals surface area (Å²) in [5, 5.41) is 0. The summed E-state index contributed by atoms with van der Waals surface area (Å²) < 4.78 is 1.64. The topological polar surface area (TPSA) is 25.3 Å². The minimum Gasteiger partial charge on any atom is -0.493 e. The van der Waals surface area contributed by atoms with E-state index in [1.807, 2.05) is 0 Å². The Hall–Kier alpha value is -1.99. The van der Waals surface area contributed by atoms with E-state index in [9.17, 15) is 5.53 Å². The van der Waals surface area contributed by atoms with Gasteiger partial charge in [0.15, 0.2) is 0 Å².